The lowest BCUT2D eigenvalue weighted by molar-refractivity contribution is -0.253. The van der Waals surface area contributed by atoms with Gasteiger partial charge in [0, 0.05) is 50.5 Å². The topological polar surface area (TPSA) is 112 Å². The number of rotatable bonds is 15. The van der Waals surface area contributed by atoms with Crippen molar-refractivity contribution in [2.75, 3.05) is 32.7 Å². The van der Waals surface area contributed by atoms with Crippen molar-refractivity contribution in [2.45, 2.75) is 95.5 Å². The van der Waals surface area contributed by atoms with E-state index in [9.17, 15) is 14.7 Å². The average Bonchev–Trinajstić information content (AvgIpc) is 3.81. The van der Waals surface area contributed by atoms with E-state index in [4.69, 9.17) is 14.6 Å². The molecule has 4 atom stereocenters. The highest BCUT2D eigenvalue weighted by atomic mass is 16.7. The van der Waals surface area contributed by atoms with E-state index in [1.165, 1.54) is 38.8 Å². The summed E-state index contributed by atoms with van der Waals surface area (Å²) in [7, 11) is 0. The average molecular weight is 670 g/mol. The Hall–Kier alpha value is -3.60. The van der Waals surface area contributed by atoms with Gasteiger partial charge in [0.2, 0.25) is 5.91 Å². The van der Waals surface area contributed by atoms with Gasteiger partial charge in [0.05, 0.1) is 18.8 Å². The molecule has 0 saturated carbocycles. The molecule has 0 radical (unpaired) electrons. The summed E-state index contributed by atoms with van der Waals surface area (Å²) in [5.74, 6) is -0.901. The van der Waals surface area contributed by atoms with Crippen LogP contribution in [0.25, 0.3) is 11.1 Å². The molecule has 49 heavy (non-hydrogen) atoms. The van der Waals surface area contributed by atoms with Crippen LogP contribution in [0.2, 0.25) is 0 Å². The van der Waals surface area contributed by atoms with Crippen molar-refractivity contribution < 1.29 is 29.3 Å². The molecular weight excluding hydrogens is 618 g/mol. The third-order valence-corrected chi connectivity index (χ3v) is 10.2. The number of carbonyl (C=O) groups excluding carboxylic acids is 1. The summed E-state index contributed by atoms with van der Waals surface area (Å²) in [4.78, 5) is 28.2. The van der Waals surface area contributed by atoms with Gasteiger partial charge in [-0.25, -0.2) is 0 Å². The fourth-order valence-corrected chi connectivity index (χ4v) is 7.44. The number of aliphatic carboxylic acids is 1. The number of amides is 1. The Balaban J connectivity index is 1.11. The molecule has 0 aliphatic carbocycles. The van der Waals surface area contributed by atoms with Gasteiger partial charge in [0.25, 0.3) is 0 Å². The van der Waals surface area contributed by atoms with Crippen molar-refractivity contribution in [3.63, 3.8) is 0 Å². The lowest BCUT2D eigenvalue weighted by atomic mass is 9.98. The molecule has 0 bridgehead atoms. The standard InChI is InChI=1S/C40H51N3O6/c44-28-29-12-14-32(15-13-29)37-24-36(27-43-22-6-9-35(43)26-42-20-3-4-21-42)48-40(49-37)33-18-16-31(17-19-33)34-8-5-7-30(23-34)25-41-38(45)10-1-2-11-39(46)47/h5,7-8,12-19,23,35-37,40,44H,1-4,6,9-11,20-22,24-28H2,(H,41,45)(H,46,47)/t35-,36-,37+,40+/m0/s1. The van der Waals surface area contributed by atoms with E-state index in [0.29, 0.717) is 31.8 Å². The summed E-state index contributed by atoms with van der Waals surface area (Å²) in [5.41, 5.74) is 6.10. The maximum absolute atomic E-state index is 12.3. The molecule has 3 aromatic carbocycles. The minimum atomic E-state index is -0.832. The first-order valence-corrected chi connectivity index (χ1v) is 18.1. The van der Waals surface area contributed by atoms with Crippen molar-refractivity contribution in [2.24, 2.45) is 0 Å². The summed E-state index contributed by atoms with van der Waals surface area (Å²) in [5, 5.41) is 21.3. The van der Waals surface area contributed by atoms with Gasteiger partial charge in [-0.1, -0.05) is 66.7 Å². The Labute approximate surface area is 290 Å². The molecule has 3 saturated heterocycles. The smallest absolute Gasteiger partial charge is 0.303 e. The number of likely N-dealkylation sites (tertiary alicyclic amines) is 2. The second kappa shape index (κ2) is 17.4. The minimum absolute atomic E-state index is 0.0214. The highest BCUT2D eigenvalue weighted by molar-refractivity contribution is 5.76. The number of ether oxygens (including phenoxy) is 2. The number of aliphatic hydroxyl groups excluding tert-OH is 1. The first-order chi connectivity index (χ1) is 23.9. The molecular formula is C40H51N3O6. The summed E-state index contributed by atoms with van der Waals surface area (Å²) >= 11 is 0. The van der Waals surface area contributed by atoms with Gasteiger partial charge in [-0.15, -0.1) is 0 Å². The summed E-state index contributed by atoms with van der Waals surface area (Å²) < 4.78 is 13.4. The minimum Gasteiger partial charge on any atom is -0.481 e. The SMILES string of the molecule is O=C(O)CCCCC(=O)NCc1cccc(-c2ccc([C@@H]3O[C@H](CN4CCC[C@H]4CN4CCCC4)C[C@H](c4ccc(CO)cc4)O3)cc2)c1. The molecule has 9 nitrogen and oxygen atoms in total. The number of nitrogens with zero attached hydrogens (tertiary/aromatic N) is 2. The van der Waals surface area contributed by atoms with Crippen molar-refractivity contribution in [3.05, 3.63) is 95.1 Å². The molecule has 0 aromatic heterocycles. The van der Waals surface area contributed by atoms with E-state index >= 15 is 0 Å². The third kappa shape index (κ3) is 9.99. The zero-order chi connectivity index (χ0) is 34.0. The van der Waals surface area contributed by atoms with Crippen LogP contribution in [0.3, 0.4) is 0 Å². The van der Waals surface area contributed by atoms with E-state index in [-0.39, 0.29) is 31.1 Å². The molecule has 0 unspecified atom stereocenters. The van der Waals surface area contributed by atoms with Gasteiger partial charge in [-0.05, 0) is 92.0 Å². The van der Waals surface area contributed by atoms with E-state index < -0.39 is 12.3 Å². The quantitative estimate of drug-likeness (QED) is 0.164. The Kier molecular flexibility index (Phi) is 12.5. The van der Waals surface area contributed by atoms with Crippen LogP contribution >= 0.6 is 0 Å². The van der Waals surface area contributed by atoms with Gasteiger partial charge < -0.3 is 29.9 Å². The van der Waals surface area contributed by atoms with Crippen LogP contribution in [0.1, 0.15) is 92.4 Å². The second-order valence-electron chi connectivity index (χ2n) is 13.8. The van der Waals surface area contributed by atoms with E-state index in [1.807, 2.05) is 24.3 Å². The van der Waals surface area contributed by atoms with Crippen molar-refractivity contribution in [1.29, 1.82) is 0 Å². The summed E-state index contributed by atoms with van der Waals surface area (Å²) in [6, 6.07) is 25.2. The second-order valence-corrected chi connectivity index (χ2v) is 13.8. The first kappa shape index (κ1) is 35.2. The van der Waals surface area contributed by atoms with E-state index in [1.54, 1.807) is 0 Å². The van der Waals surface area contributed by atoms with Crippen LogP contribution in [0.15, 0.2) is 72.8 Å². The van der Waals surface area contributed by atoms with Crippen LogP contribution < -0.4 is 5.32 Å². The third-order valence-electron chi connectivity index (χ3n) is 10.2. The normalized spacial score (nSPS) is 23.1. The van der Waals surface area contributed by atoms with Crippen LogP contribution in [0.5, 0.6) is 0 Å². The zero-order valence-corrected chi connectivity index (χ0v) is 28.5. The van der Waals surface area contributed by atoms with Crippen molar-refractivity contribution in [3.8, 4) is 11.1 Å². The number of unbranched alkanes of at least 4 members (excludes halogenated alkanes) is 1. The highest BCUT2D eigenvalue weighted by Crippen LogP contribution is 2.39. The number of aliphatic hydroxyl groups is 1. The number of carboxylic acids is 1. The number of nitrogens with one attached hydrogen (secondary N) is 1. The highest BCUT2D eigenvalue weighted by Gasteiger charge is 2.36. The molecule has 9 heteroatoms. The van der Waals surface area contributed by atoms with Crippen LogP contribution in [-0.2, 0) is 32.2 Å². The molecule has 3 N–H and O–H groups in total. The molecule has 262 valence electrons. The Morgan fingerprint density at radius 2 is 1.55 bits per heavy atom. The van der Waals surface area contributed by atoms with Gasteiger partial charge in [-0.3, -0.25) is 14.5 Å². The number of carbonyl (C=O) groups is 2. The number of benzene rings is 3. The van der Waals surface area contributed by atoms with Crippen LogP contribution in [-0.4, -0.2) is 76.8 Å². The molecule has 3 fully saturated rings. The Morgan fingerprint density at radius 1 is 0.796 bits per heavy atom. The maximum Gasteiger partial charge on any atom is 0.303 e. The lowest BCUT2D eigenvalue weighted by Gasteiger charge is -2.39. The van der Waals surface area contributed by atoms with E-state index in [0.717, 1.165) is 59.4 Å². The molecule has 3 aromatic rings. The van der Waals surface area contributed by atoms with E-state index in [2.05, 4.69) is 63.6 Å². The van der Waals surface area contributed by atoms with Crippen molar-refractivity contribution >= 4 is 11.9 Å². The van der Waals surface area contributed by atoms with Gasteiger partial charge in [0.1, 0.15) is 0 Å². The predicted molar refractivity (Wildman–Crippen MR) is 189 cm³/mol. The zero-order valence-electron chi connectivity index (χ0n) is 28.5. The molecule has 3 aliphatic rings. The number of carboxylic acid groups (broad SMARTS) is 1. The Morgan fingerprint density at radius 3 is 2.31 bits per heavy atom. The van der Waals surface area contributed by atoms with Gasteiger partial charge >= 0.3 is 5.97 Å². The molecule has 6 rings (SSSR count). The largest absolute Gasteiger partial charge is 0.481 e. The monoisotopic (exact) mass is 669 g/mol. The molecule has 3 aliphatic heterocycles. The summed E-state index contributed by atoms with van der Waals surface area (Å²) in [6.07, 6.45) is 6.81. The first-order valence-electron chi connectivity index (χ1n) is 18.1. The van der Waals surface area contributed by atoms with Crippen LogP contribution in [0.4, 0.5) is 0 Å². The fraction of sp³-hybridized carbons (Fsp3) is 0.500. The Bertz CT molecular complexity index is 1510. The van der Waals surface area contributed by atoms with Crippen LogP contribution in [0, 0.1) is 0 Å². The van der Waals surface area contributed by atoms with Gasteiger partial charge in [-0.2, -0.15) is 0 Å². The molecule has 3 heterocycles. The lowest BCUT2D eigenvalue weighted by Crippen LogP contribution is -2.45. The summed E-state index contributed by atoms with van der Waals surface area (Å²) in [6.45, 7) is 6.06. The fourth-order valence-electron chi connectivity index (χ4n) is 7.44. The van der Waals surface area contributed by atoms with Gasteiger partial charge in [0.15, 0.2) is 6.29 Å². The maximum atomic E-state index is 12.3. The molecule has 1 amide bonds. The predicted octanol–water partition coefficient (Wildman–Crippen LogP) is 6.21. The van der Waals surface area contributed by atoms with Crippen molar-refractivity contribution in [1.82, 2.24) is 15.1 Å². The molecule has 0 spiro atoms. The number of hydrogen-bond acceptors (Lipinski definition) is 7. The number of hydrogen-bond donors (Lipinski definition) is 3.